The van der Waals surface area contributed by atoms with Gasteiger partial charge in [-0.15, -0.1) is 0 Å². The molecule has 1 aromatic rings. The minimum Gasteiger partial charge on any atom is -0.467 e. The van der Waals surface area contributed by atoms with Gasteiger partial charge in [0.25, 0.3) is 0 Å². The Balaban J connectivity index is 1.41. The zero-order valence-electron chi connectivity index (χ0n) is 11.5. The molecule has 1 amide bonds. The summed E-state index contributed by atoms with van der Waals surface area (Å²) in [4.78, 5) is 11.3. The second-order valence-electron chi connectivity index (χ2n) is 5.02. The molecule has 1 heterocycles. The van der Waals surface area contributed by atoms with Crippen LogP contribution >= 0.6 is 0 Å². The van der Waals surface area contributed by atoms with Crippen molar-refractivity contribution >= 4 is 5.91 Å². The normalized spacial score (nSPS) is 16.1. The Morgan fingerprint density at radius 3 is 3.05 bits per heavy atom. The molecule has 1 aromatic heterocycles. The molecule has 112 valence electrons. The van der Waals surface area contributed by atoms with Crippen LogP contribution in [0, 0.1) is 5.92 Å². The standard InChI is InChI=1S/C14H22N2O4/c17-12(9-19-10-13-2-1-7-20-13)8-15-5-6-16-14(18)11-3-4-11/h1-2,7,11-12,15,17H,3-6,8-10H2,(H,16,18). The van der Waals surface area contributed by atoms with E-state index in [4.69, 9.17) is 9.15 Å². The molecule has 0 bridgehead atoms. The number of rotatable bonds is 10. The molecule has 0 aromatic carbocycles. The first kappa shape index (κ1) is 15.0. The van der Waals surface area contributed by atoms with Gasteiger partial charge in [0.2, 0.25) is 5.91 Å². The number of aliphatic hydroxyl groups is 1. The minimum atomic E-state index is -0.566. The first-order valence-electron chi connectivity index (χ1n) is 7.02. The average molecular weight is 282 g/mol. The number of aliphatic hydroxyl groups excluding tert-OH is 1. The summed E-state index contributed by atoms with van der Waals surface area (Å²) in [6.45, 7) is 2.30. The summed E-state index contributed by atoms with van der Waals surface area (Å²) in [6, 6.07) is 3.62. The first-order valence-corrected chi connectivity index (χ1v) is 7.02. The maximum Gasteiger partial charge on any atom is 0.223 e. The van der Waals surface area contributed by atoms with Gasteiger partial charge in [-0.05, 0) is 25.0 Å². The van der Waals surface area contributed by atoms with Gasteiger partial charge in [0.15, 0.2) is 0 Å². The molecule has 2 rings (SSSR count). The van der Waals surface area contributed by atoms with Crippen molar-refractivity contribution in [2.75, 3.05) is 26.2 Å². The fraction of sp³-hybridized carbons (Fsp3) is 0.643. The lowest BCUT2D eigenvalue weighted by Gasteiger charge is -2.12. The van der Waals surface area contributed by atoms with Crippen molar-refractivity contribution in [2.24, 2.45) is 5.92 Å². The largest absolute Gasteiger partial charge is 0.467 e. The van der Waals surface area contributed by atoms with Gasteiger partial charge in [0, 0.05) is 25.6 Å². The molecule has 20 heavy (non-hydrogen) atoms. The van der Waals surface area contributed by atoms with Gasteiger partial charge in [-0.2, -0.15) is 0 Å². The van der Waals surface area contributed by atoms with Gasteiger partial charge in [-0.25, -0.2) is 0 Å². The number of nitrogens with one attached hydrogen (secondary N) is 2. The van der Waals surface area contributed by atoms with Crippen LogP contribution in [0.15, 0.2) is 22.8 Å². The van der Waals surface area contributed by atoms with E-state index >= 15 is 0 Å². The summed E-state index contributed by atoms with van der Waals surface area (Å²) in [7, 11) is 0. The Kier molecular flexibility index (Phi) is 6.04. The molecule has 0 radical (unpaired) electrons. The Morgan fingerprint density at radius 1 is 1.50 bits per heavy atom. The predicted octanol–water partition coefficient (Wildman–Crippen LogP) is 0.273. The number of hydrogen-bond acceptors (Lipinski definition) is 5. The third kappa shape index (κ3) is 5.73. The van der Waals surface area contributed by atoms with Crippen molar-refractivity contribution < 1.29 is 19.1 Å². The van der Waals surface area contributed by atoms with Crippen molar-refractivity contribution in [1.82, 2.24) is 10.6 Å². The second-order valence-corrected chi connectivity index (χ2v) is 5.02. The minimum absolute atomic E-state index is 0.147. The fourth-order valence-corrected chi connectivity index (χ4v) is 1.78. The summed E-state index contributed by atoms with van der Waals surface area (Å²) >= 11 is 0. The van der Waals surface area contributed by atoms with Crippen LogP contribution in [0.4, 0.5) is 0 Å². The van der Waals surface area contributed by atoms with Crippen LogP contribution in [0.2, 0.25) is 0 Å². The Morgan fingerprint density at radius 2 is 2.35 bits per heavy atom. The van der Waals surface area contributed by atoms with Crippen LogP contribution in [0.25, 0.3) is 0 Å². The SMILES string of the molecule is O=C(NCCNCC(O)COCc1ccco1)C1CC1. The van der Waals surface area contributed by atoms with E-state index < -0.39 is 6.10 Å². The molecular formula is C14H22N2O4. The van der Waals surface area contributed by atoms with Gasteiger partial charge >= 0.3 is 0 Å². The lowest BCUT2D eigenvalue weighted by Crippen LogP contribution is -2.37. The summed E-state index contributed by atoms with van der Waals surface area (Å²) in [5.74, 6) is 1.14. The molecule has 1 aliphatic carbocycles. The van der Waals surface area contributed by atoms with E-state index in [1.165, 1.54) is 0 Å². The van der Waals surface area contributed by atoms with Gasteiger partial charge in [0.1, 0.15) is 12.4 Å². The topological polar surface area (TPSA) is 83.7 Å². The highest BCUT2D eigenvalue weighted by Gasteiger charge is 2.28. The highest BCUT2D eigenvalue weighted by Crippen LogP contribution is 2.28. The van der Waals surface area contributed by atoms with Crippen molar-refractivity contribution in [1.29, 1.82) is 0 Å². The molecule has 1 fully saturated rings. The quantitative estimate of drug-likeness (QED) is 0.537. The zero-order chi connectivity index (χ0) is 14.2. The van der Waals surface area contributed by atoms with Gasteiger partial charge in [-0.3, -0.25) is 4.79 Å². The van der Waals surface area contributed by atoms with Crippen LogP contribution in [0.1, 0.15) is 18.6 Å². The monoisotopic (exact) mass is 282 g/mol. The van der Waals surface area contributed by atoms with E-state index in [1.54, 1.807) is 12.3 Å². The molecule has 6 heteroatoms. The highest BCUT2D eigenvalue weighted by molar-refractivity contribution is 5.80. The van der Waals surface area contributed by atoms with Crippen molar-refractivity contribution in [3.63, 3.8) is 0 Å². The molecule has 0 spiro atoms. The van der Waals surface area contributed by atoms with Crippen LogP contribution in [0.3, 0.4) is 0 Å². The van der Waals surface area contributed by atoms with Crippen LogP contribution < -0.4 is 10.6 Å². The number of hydrogen-bond donors (Lipinski definition) is 3. The Bertz CT molecular complexity index is 390. The molecule has 1 atom stereocenters. The smallest absolute Gasteiger partial charge is 0.223 e. The van der Waals surface area contributed by atoms with Crippen LogP contribution in [-0.2, 0) is 16.1 Å². The predicted molar refractivity (Wildman–Crippen MR) is 73.0 cm³/mol. The van der Waals surface area contributed by atoms with Crippen LogP contribution in [0.5, 0.6) is 0 Å². The molecule has 0 aliphatic heterocycles. The number of ether oxygens (including phenoxy) is 1. The number of amides is 1. The van der Waals surface area contributed by atoms with E-state index in [-0.39, 0.29) is 18.4 Å². The van der Waals surface area contributed by atoms with E-state index in [9.17, 15) is 9.90 Å². The third-order valence-corrected chi connectivity index (χ3v) is 3.06. The molecule has 0 saturated heterocycles. The lowest BCUT2D eigenvalue weighted by molar-refractivity contribution is -0.122. The van der Waals surface area contributed by atoms with E-state index in [2.05, 4.69) is 10.6 Å². The van der Waals surface area contributed by atoms with Crippen LogP contribution in [-0.4, -0.2) is 43.4 Å². The molecule has 3 N–H and O–H groups in total. The fourth-order valence-electron chi connectivity index (χ4n) is 1.78. The van der Waals surface area contributed by atoms with E-state index in [0.29, 0.717) is 26.2 Å². The lowest BCUT2D eigenvalue weighted by atomic mass is 10.3. The highest BCUT2D eigenvalue weighted by atomic mass is 16.5. The van der Waals surface area contributed by atoms with Crippen molar-refractivity contribution in [2.45, 2.75) is 25.6 Å². The maximum absolute atomic E-state index is 11.3. The third-order valence-electron chi connectivity index (χ3n) is 3.06. The zero-order valence-corrected chi connectivity index (χ0v) is 11.5. The van der Waals surface area contributed by atoms with Crippen molar-refractivity contribution in [3.8, 4) is 0 Å². The summed E-state index contributed by atoms with van der Waals surface area (Å²) in [5.41, 5.74) is 0. The Labute approximate surface area is 118 Å². The van der Waals surface area contributed by atoms with Gasteiger partial charge < -0.3 is 24.9 Å². The molecular weight excluding hydrogens is 260 g/mol. The summed E-state index contributed by atoms with van der Waals surface area (Å²) in [6.07, 6.45) is 3.06. The number of carbonyl (C=O) groups is 1. The van der Waals surface area contributed by atoms with Gasteiger partial charge in [0.05, 0.1) is 19.0 Å². The number of furan rings is 1. The Hall–Kier alpha value is -1.37. The second kappa shape index (κ2) is 8.04. The van der Waals surface area contributed by atoms with Crippen molar-refractivity contribution in [3.05, 3.63) is 24.2 Å². The first-order chi connectivity index (χ1) is 9.75. The molecule has 1 aliphatic rings. The number of carbonyl (C=O) groups excluding carboxylic acids is 1. The maximum atomic E-state index is 11.3. The van der Waals surface area contributed by atoms with E-state index in [1.807, 2.05) is 6.07 Å². The molecule has 1 unspecified atom stereocenters. The summed E-state index contributed by atoms with van der Waals surface area (Å²) < 4.78 is 10.4. The summed E-state index contributed by atoms with van der Waals surface area (Å²) in [5, 5.41) is 15.6. The van der Waals surface area contributed by atoms with Gasteiger partial charge in [-0.1, -0.05) is 0 Å². The average Bonchev–Trinajstić information content (AvgIpc) is 3.16. The molecule has 6 nitrogen and oxygen atoms in total. The molecule has 1 saturated carbocycles. The van der Waals surface area contributed by atoms with E-state index in [0.717, 1.165) is 18.6 Å².